The van der Waals surface area contributed by atoms with Crippen LogP contribution in [0.15, 0.2) is 42.9 Å². The van der Waals surface area contributed by atoms with Crippen LogP contribution in [-0.4, -0.2) is 47.1 Å². The van der Waals surface area contributed by atoms with Gasteiger partial charge in [0.25, 0.3) is 0 Å². The Morgan fingerprint density at radius 3 is 2.67 bits per heavy atom. The second-order valence-corrected chi connectivity index (χ2v) is 6.78. The molecule has 126 valence electrons. The second-order valence-electron chi connectivity index (χ2n) is 6.78. The van der Waals surface area contributed by atoms with Gasteiger partial charge in [-0.05, 0) is 44.5 Å². The average Bonchev–Trinajstić information content (AvgIpc) is 2.71. The topological polar surface area (TPSA) is 41.5 Å². The summed E-state index contributed by atoms with van der Waals surface area (Å²) < 4.78 is 5.75. The summed E-state index contributed by atoms with van der Waals surface area (Å²) in [6.45, 7) is 2.21. The average molecular weight is 324 g/mol. The van der Waals surface area contributed by atoms with Crippen molar-refractivity contribution in [3.63, 3.8) is 0 Å². The molecule has 4 rings (SSSR count). The molecule has 2 aromatic heterocycles. The number of hydrogen-bond acceptors (Lipinski definition) is 5. The molecule has 2 saturated heterocycles. The Morgan fingerprint density at radius 1 is 1.04 bits per heavy atom. The van der Waals surface area contributed by atoms with Crippen LogP contribution in [0.5, 0.6) is 11.6 Å². The summed E-state index contributed by atoms with van der Waals surface area (Å²) in [7, 11) is 2.29. The number of pyridine rings is 2. The minimum absolute atomic E-state index is 0.621. The third-order valence-electron chi connectivity index (χ3n) is 5.35. The summed E-state index contributed by atoms with van der Waals surface area (Å²) in [6, 6.07) is 9.16. The van der Waals surface area contributed by atoms with Crippen LogP contribution < -0.4 is 9.64 Å². The molecule has 0 aromatic carbocycles. The fraction of sp³-hybridized carbons (Fsp3) is 0.474. The van der Waals surface area contributed by atoms with Gasteiger partial charge in [-0.15, -0.1) is 0 Å². The molecule has 2 atom stereocenters. The molecule has 0 amide bonds. The SMILES string of the molecule is CN1C2CCCC1CN(c1ccc(Oc3ccncc3)nc1)CC2. The first-order chi connectivity index (χ1) is 11.8. The second kappa shape index (κ2) is 6.77. The number of ether oxygens (including phenoxy) is 1. The fourth-order valence-corrected chi connectivity index (χ4v) is 3.89. The number of aromatic nitrogens is 2. The van der Waals surface area contributed by atoms with E-state index in [4.69, 9.17) is 4.74 Å². The Bertz CT molecular complexity index is 661. The molecule has 2 bridgehead atoms. The summed E-state index contributed by atoms with van der Waals surface area (Å²) in [5.74, 6) is 1.38. The largest absolute Gasteiger partial charge is 0.439 e. The lowest BCUT2D eigenvalue weighted by Gasteiger charge is -2.37. The van der Waals surface area contributed by atoms with Gasteiger partial charge in [0.2, 0.25) is 5.88 Å². The molecule has 2 unspecified atom stereocenters. The highest BCUT2D eigenvalue weighted by Gasteiger charge is 2.32. The highest BCUT2D eigenvalue weighted by molar-refractivity contribution is 5.46. The van der Waals surface area contributed by atoms with Gasteiger partial charge in [-0.1, -0.05) is 6.42 Å². The predicted octanol–water partition coefficient (Wildman–Crippen LogP) is 3.33. The minimum atomic E-state index is 0.621. The summed E-state index contributed by atoms with van der Waals surface area (Å²) in [4.78, 5) is 13.6. The Morgan fingerprint density at radius 2 is 1.88 bits per heavy atom. The lowest BCUT2D eigenvalue weighted by Crippen LogP contribution is -2.45. The number of nitrogens with zero attached hydrogens (tertiary/aromatic N) is 4. The summed E-state index contributed by atoms with van der Waals surface area (Å²) in [6.07, 6.45) is 10.6. The van der Waals surface area contributed by atoms with E-state index in [1.54, 1.807) is 12.4 Å². The van der Waals surface area contributed by atoms with Gasteiger partial charge >= 0.3 is 0 Å². The van der Waals surface area contributed by atoms with E-state index in [0.717, 1.165) is 24.9 Å². The zero-order valence-corrected chi connectivity index (χ0v) is 14.1. The van der Waals surface area contributed by atoms with Crippen molar-refractivity contribution < 1.29 is 4.74 Å². The van der Waals surface area contributed by atoms with E-state index >= 15 is 0 Å². The maximum absolute atomic E-state index is 5.75. The molecular weight excluding hydrogens is 300 g/mol. The summed E-state index contributed by atoms with van der Waals surface area (Å²) >= 11 is 0. The standard InChI is InChI=1S/C19H24N4O/c1-22-15-3-2-4-17(22)14-23(12-9-15)16-5-6-19(21-13-16)24-18-7-10-20-11-8-18/h5-8,10-11,13,15,17H,2-4,9,12,14H2,1H3. The van der Waals surface area contributed by atoms with Crippen LogP contribution in [0.1, 0.15) is 25.7 Å². The highest BCUT2D eigenvalue weighted by atomic mass is 16.5. The third kappa shape index (κ3) is 3.22. The van der Waals surface area contributed by atoms with Crippen LogP contribution in [-0.2, 0) is 0 Å². The normalized spacial score (nSPS) is 24.5. The van der Waals surface area contributed by atoms with E-state index in [2.05, 4.69) is 32.9 Å². The van der Waals surface area contributed by atoms with Crippen LogP contribution in [0.25, 0.3) is 0 Å². The molecule has 0 spiro atoms. The maximum Gasteiger partial charge on any atom is 0.219 e. The van der Waals surface area contributed by atoms with E-state index in [9.17, 15) is 0 Å². The quantitative estimate of drug-likeness (QED) is 0.866. The van der Waals surface area contributed by atoms with Crippen LogP contribution in [0.3, 0.4) is 0 Å². The van der Waals surface area contributed by atoms with Crippen molar-refractivity contribution in [2.45, 2.75) is 37.8 Å². The smallest absolute Gasteiger partial charge is 0.219 e. The van der Waals surface area contributed by atoms with E-state index in [1.807, 2.05) is 24.4 Å². The van der Waals surface area contributed by atoms with Gasteiger partial charge in [0, 0.05) is 43.6 Å². The number of hydrogen-bond donors (Lipinski definition) is 0. The molecule has 4 heterocycles. The van der Waals surface area contributed by atoms with Crippen molar-refractivity contribution in [2.24, 2.45) is 0 Å². The first-order valence-corrected chi connectivity index (χ1v) is 8.80. The summed E-state index contributed by atoms with van der Waals surface area (Å²) in [5.41, 5.74) is 1.19. The molecule has 2 aliphatic heterocycles. The maximum atomic E-state index is 5.75. The minimum Gasteiger partial charge on any atom is -0.439 e. The molecule has 0 radical (unpaired) electrons. The fourth-order valence-electron chi connectivity index (χ4n) is 3.89. The molecule has 24 heavy (non-hydrogen) atoms. The van der Waals surface area contributed by atoms with Gasteiger partial charge in [0.15, 0.2) is 0 Å². The molecule has 2 aromatic rings. The highest BCUT2D eigenvalue weighted by Crippen LogP contribution is 2.30. The molecule has 2 aliphatic rings. The Kier molecular flexibility index (Phi) is 4.34. The van der Waals surface area contributed by atoms with Crippen molar-refractivity contribution in [2.75, 3.05) is 25.0 Å². The number of piperidine rings is 1. The van der Waals surface area contributed by atoms with Crippen molar-refractivity contribution in [1.29, 1.82) is 0 Å². The van der Waals surface area contributed by atoms with Crippen LogP contribution in [0.2, 0.25) is 0 Å². The first-order valence-electron chi connectivity index (χ1n) is 8.80. The number of likely N-dealkylation sites (N-methyl/N-ethyl adjacent to an activating group) is 1. The van der Waals surface area contributed by atoms with Crippen molar-refractivity contribution in [1.82, 2.24) is 14.9 Å². The monoisotopic (exact) mass is 324 g/mol. The Hall–Kier alpha value is -2.14. The number of rotatable bonds is 3. The van der Waals surface area contributed by atoms with Crippen molar-refractivity contribution >= 4 is 5.69 Å². The zero-order chi connectivity index (χ0) is 16.4. The van der Waals surface area contributed by atoms with Crippen LogP contribution in [0, 0.1) is 0 Å². The molecular formula is C19H24N4O. The molecule has 2 fully saturated rings. The molecule has 0 N–H and O–H groups in total. The van der Waals surface area contributed by atoms with Crippen LogP contribution in [0.4, 0.5) is 5.69 Å². The van der Waals surface area contributed by atoms with Gasteiger partial charge in [-0.25, -0.2) is 4.98 Å². The summed E-state index contributed by atoms with van der Waals surface area (Å²) in [5, 5.41) is 0. The molecule has 0 aliphatic carbocycles. The number of anilines is 1. The van der Waals surface area contributed by atoms with Gasteiger partial charge in [-0.2, -0.15) is 0 Å². The number of fused-ring (bicyclic) bond motifs is 2. The molecule has 0 saturated carbocycles. The first kappa shape index (κ1) is 15.4. The van der Waals surface area contributed by atoms with Gasteiger partial charge < -0.3 is 9.64 Å². The van der Waals surface area contributed by atoms with E-state index in [1.165, 1.54) is 31.4 Å². The molecule has 5 nitrogen and oxygen atoms in total. The lowest BCUT2D eigenvalue weighted by molar-refractivity contribution is 0.127. The predicted molar refractivity (Wildman–Crippen MR) is 94.6 cm³/mol. The zero-order valence-electron chi connectivity index (χ0n) is 14.1. The van der Waals surface area contributed by atoms with E-state index in [0.29, 0.717) is 11.9 Å². The van der Waals surface area contributed by atoms with Gasteiger partial charge in [-0.3, -0.25) is 9.88 Å². The van der Waals surface area contributed by atoms with Crippen molar-refractivity contribution in [3.8, 4) is 11.6 Å². The Balaban J connectivity index is 1.46. The molecule has 5 heteroatoms. The lowest BCUT2D eigenvalue weighted by atomic mass is 9.96. The third-order valence-corrected chi connectivity index (χ3v) is 5.35. The van der Waals surface area contributed by atoms with Crippen molar-refractivity contribution in [3.05, 3.63) is 42.9 Å². The van der Waals surface area contributed by atoms with Gasteiger partial charge in [0.05, 0.1) is 11.9 Å². The Labute approximate surface area is 143 Å². The van der Waals surface area contributed by atoms with E-state index < -0.39 is 0 Å². The van der Waals surface area contributed by atoms with Gasteiger partial charge in [0.1, 0.15) is 5.75 Å². The van der Waals surface area contributed by atoms with E-state index in [-0.39, 0.29) is 0 Å². The van der Waals surface area contributed by atoms with Crippen LogP contribution >= 0.6 is 0 Å².